The van der Waals surface area contributed by atoms with E-state index in [1.165, 1.54) is 12.1 Å². The van der Waals surface area contributed by atoms with Crippen LogP contribution in [0.15, 0.2) is 36.4 Å². The molecule has 5 heteroatoms. The van der Waals surface area contributed by atoms with E-state index in [9.17, 15) is 15.0 Å². The highest BCUT2D eigenvalue weighted by molar-refractivity contribution is 6.31. The number of rotatable bonds is 6. The number of aryl methyl sites for hydroxylation is 2. The zero-order chi connectivity index (χ0) is 16.1. The second-order valence-corrected chi connectivity index (χ2v) is 5.96. The van der Waals surface area contributed by atoms with E-state index in [1.807, 2.05) is 0 Å². The Labute approximate surface area is 139 Å². The number of hydrogen-bond donors (Lipinski definition) is 2. The van der Waals surface area contributed by atoms with Crippen molar-refractivity contribution in [2.24, 2.45) is 0 Å². The van der Waals surface area contributed by atoms with Gasteiger partial charge in [0.25, 0.3) is 0 Å². The van der Waals surface area contributed by atoms with Gasteiger partial charge in [-0.25, -0.2) is 0 Å². The molecule has 0 aliphatic rings. The van der Waals surface area contributed by atoms with Gasteiger partial charge in [0.05, 0.1) is 0 Å². The smallest absolute Gasteiger partial charge is 0.133 e. The molecule has 2 rings (SSSR count). The highest BCUT2D eigenvalue weighted by atomic mass is 35.5. The largest absolute Gasteiger partial charge is 0.508 e. The van der Waals surface area contributed by atoms with Gasteiger partial charge >= 0.3 is 0 Å². The van der Waals surface area contributed by atoms with Gasteiger partial charge in [0.15, 0.2) is 0 Å². The van der Waals surface area contributed by atoms with Crippen LogP contribution in [-0.2, 0) is 17.6 Å². The van der Waals surface area contributed by atoms with Crippen molar-refractivity contribution in [3.05, 3.63) is 57.6 Å². The molecule has 0 aliphatic carbocycles. The van der Waals surface area contributed by atoms with Crippen molar-refractivity contribution in [2.45, 2.75) is 25.7 Å². The highest BCUT2D eigenvalue weighted by Gasteiger charge is 2.09. The molecule has 116 valence electrons. The molecule has 0 bridgehead atoms. The lowest BCUT2D eigenvalue weighted by Gasteiger charge is -2.06. The van der Waals surface area contributed by atoms with Gasteiger partial charge in [-0.1, -0.05) is 23.2 Å². The van der Waals surface area contributed by atoms with Crippen LogP contribution in [0.1, 0.15) is 24.0 Å². The summed E-state index contributed by atoms with van der Waals surface area (Å²) in [5.74, 6) is 0.341. The van der Waals surface area contributed by atoms with Crippen molar-refractivity contribution in [3.63, 3.8) is 0 Å². The fraction of sp³-hybridized carbons (Fsp3) is 0.235. The van der Waals surface area contributed by atoms with Crippen LogP contribution >= 0.6 is 23.2 Å². The van der Waals surface area contributed by atoms with E-state index in [2.05, 4.69) is 0 Å². The number of ketones is 1. The molecule has 0 saturated carbocycles. The molecule has 0 atom stereocenters. The first-order valence-electron chi connectivity index (χ1n) is 6.92. The minimum absolute atomic E-state index is 0.0544. The van der Waals surface area contributed by atoms with E-state index in [4.69, 9.17) is 23.2 Å². The lowest BCUT2D eigenvalue weighted by atomic mass is 10.0. The monoisotopic (exact) mass is 338 g/mol. The summed E-state index contributed by atoms with van der Waals surface area (Å²) in [7, 11) is 0. The lowest BCUT2D eigenvalue weighted by Crippen LogP contribution is -2.02. The van der Waals surface area contributed by atoms with E-state index in [1.54, 1.807) is 24.3 Å². The Morgan fingerprint density at radius 3 is 1.64 bits per heavy atom. The van der Waals surface area contributed by atoms with Crippen molar-refractivity contribution >= 4 is 29.0 Å². The van der Waals surface area contributed by atoms with Gasteiger partial charge in [0.1, 0.15) is 17.3 Å². The molecule has 3 nitrogen and oxygen atoms in total. The average Bonchev–Trinajstić information content (AvgIpc) is 2.49. The Hall–Kier alpha value is -1.71. The van der Waals surface area contributed by atoms with Crippen LogP contribution in [0.5, 0.6) is 11.5 Å². The first-order chi connectivity index (χ1) is 10.5. The lowest BCUT2D eigenvalue weighted by molar-refractivity contribution is -0.119. The van der Waals surface area contributed by atoms with Crippen LogP contribution in [0, 0.1) is 0 Å². The van der Waals surface area contributed by atoms with Gasteiger partial charge in [-0.15, -0.1) is 0 Å². The molecule has 2 aromatic rings. The van der Waals surface area contributed by atoms with Crippen molar-refractivity contribution in [3.8, 4) is 11.5 Å². The number of phenolic OH excluding ortho intramolecular Hbond substituents is 2. The molecule has 0 saturated heterocycles. The summed E-state index contributed by atoms with van der Waals surface area (Å²) in [5, 5.41) is 20.5. The summed E-state index contributed by atoms with van der Waals surface area (Å²) in [6.07, 6.45) is 1.50. The first kappa shape index (κ1) is 16.7. The second-order valence-electron chi connectivity index (χ2n) is 5.08. The van der Waals surface area contributed by atoms with Crippen LogP contribution < -0.4 is 0 Å². The first-order valence-corrected chi connectivity index (χ1v) is 7.68. The number of carbonyl (C=O) groups excluding carboxylic acids is 1. The summed E-state index contributed by atoms with van der Waals surface area (Å²) < 4.78 is 0. The number of aromatic hydroxyl groups is 2. The second kappa shape index (κ2) is 7.52. The molecule has 0 heterocycles. The van der Waals surface area contributed by atoms with Crippen LogP contribution in [-0.4, -0.2) is 16.0 Å². The van der Waals surface area contributed by atoms with Crippen molar-refractivity contribution in [1.29, 1.82) is 0 Å². The molecule has 0 amide bonds. The Morgan fingerprint density at radius 1 is 0.818 bits per heavy atom. The minimum atomic E-state index is 0.0544. The van der Waals surface area contributed by atoms with Gasteiger partial charge in [-0.2, -0.15) is 0 Å². The van der Waals surface area contributed by atoms with Crippen LogP contribution in [0.25, 0.3) is 0 Å². The Morgan fingerprint density at radius 2 is 1.23 bits per heavy atom. The van der Waals surface area contributed by atoms with Crippen LogP contribution in [0.4, 0.5) is 0 Å². The Bertz CT molecular complexity index is 626. The minimum Gasteiger partial charge on any atom is -0.508 e. The van der Waals surface area contributed by atoms with Gasteiger partial charge in [0.2, 0.25) is 0 Å². The highest BCUT2D eigenvalue weighted by Crippen LogP contribution is 2.24. The zero-order valence-electron chi connectivity index (χ0n) is 11.9. The summed E-state index contributed by atoms with van der Waals surface area (Å²) in [4.78, 5) is 12.0. The SMILES string of the molecule is O=C(CCc1cc(Cl)ccc1O)CCc1cc(Cl)ccc1O. The van der Waals surface area contributed by atoms with E-state index >= 15 is 0 Å². The number of phenols is 2. The third-order valence-electron chi connectivity index (χ3n) is 3.43. The van der Waals surface area contributed by atoms with E-state index in [0.29, 0.717) is 46.9 Å². The fourth-order valence-corrected chi connectivity index (χ4v) is 2.57. The van der Waals surface area contributed by atoms with Crippen molar-refractivity contribution in [1.82, 2.24) is 0 Å². The quantitative estimate of drug-likeness (QED) is 0.812. The predicted octanol–water partition coefficient (Wildman–Crippen LogP) is 4.54. The molecule has 2 aromatic carbocycles. The maximum atomic E-state index is 12.0. The molecule has 0 radical (unpaired) electrons. The molecular formula is C17H16Cl2O3. The van der Waals surface area contributed by atoms with Crippen molar-refractivity contribution in [2.75, 3.05) is 0 Å². The van der Waals surface area contributed by atoms with E-state index in [-0.39, 0.29) is 17.3 Å². The maximum Gasteiger partial charge on any atom is 0.133 e. The fourth-order valence-electron chi connectivity index (χ4n) is 2.18. The van der Waals surface area contributed by atoms with Crippen LogP contribution in [0.2, 0.25) is 10.0 Å². The average molecular weight is 339 g/mol. The summed E-state index contributed by atoms with van der Waals surface area (Å²) in [6, 6.07) is 9.56. The van der Waals surface area contributed by atoms with Gasteiger partial charge in [0, 0.05) is 22.9 Å². The summed E-state index contributed by atoms with van der Waals surface area (Å²) in [5.41, 5.74) is 1.32. The predicted molar refractivity (Wildman–Crippen MR) is 87.9 cm³/mol. The number of carbonyl (C=O) groups is 1. The van der Waals surface area contributed by atoms with Gasteiger partial charge in [-0.05, 0) is 60.4 Å². The molecule has 0 fully saturated rings. The molecule has 0 spiro atoms. The topological polar surface area (TPSA) is 57.5 Å². The Kier molecular flexibility index (Phi) is 5.69. The van der Waals surface area contributed by atoms with Gasteiger partial charge in [-0.3, -0.25) is 4.79 Å². The molecule has 0 aromatic heterocycles. The van der Waals surface area contributed by atoms with Gasteiger partial charge < -0.3 is 10.2 Å². The summed E-state index contributed by atoms with van der Waals surface area (Å²) >= 11 is 11.7. The molecule has 2 N–H and O–H groups in total. The molecular weight excluding hydrogens is 323 g/mol. The maximum absolute atomic E-state index is 12.0. The van der Waals surface area contributed by atoms with Crippen LogP contribution in [0.3, 0.4) is 0 Å². The third kappa shape index (κ3) is 4.65. The van der Waals surface area contributed by atoms with Crippen molar-refractivity contribution < 1.29 is 15.0 Å². The normalized spacial score (nSPS) is 10.6. The molecule has 22 heavy (non-hydrogen) atoms. The number of Topliss-reactive ketones (excluding diaryl/α,β-unsaturated/α-hetero) is 1. The number of hydrogen-bond acceptors (Lipinski definition) is 3. The number of benzene rings is 2. The number of halogens is 2. The van der Waals surface area contributed by atoms with E-state index < -0.39 is 0 Å². The van der Waals surface area contributed by atoms with E-state index in [0.717, 1.165) is 0 Å². The standard InChI is InChI=1S/C17H16Cl2O3/c18-13-3-7-16(21)11(9-13)1-5-15(20)6-2-12-10-14(19)4-8-17(12)22/h3-4,7-10,21-22H,1-2,5-6H2. The molecule has 0 aliphatic heterocycles. The third-order valence-corrected chi connectivity index (χ3v) is 3.90. The zero-order valence-corrected chi connectivity index (χ0v) is 13.4. The summed E-state index contributed by atoms with van der Waals surface area (Å²) in [6.45, 7) is 0. The Balaban J connectivity index is 1.88. The molecule has 0 unspecified atom stereocenters.